The Bertz CT molecular complexity index is 1100. The van der Waals surface area contributed by atoms with E-state index in [1.165, 1.54) is 28.7 Å². The lowest BCUT2D eigenvalue weighted by molar-refractivity contribution is -0.118. The number of anilines is 2. The van der Waals surface area contributed by atoms with Crippen LogP contribution in [-0.4, -0.2) is 35.7 Å². The highest BCUT2D eigenvalue weighted by atomic mass is 32.2. The first kappa shape index (κ1) is 21.4. The monoisotopic (exact) mass is 453 g/mol. The van der Waals surface area contributed by atoms with E-state index in [0.29, 0.717) is 11.4 Å². The van der Waals surface area contributed by atoms with Gasteiger partial charge in [0.2, 0.25) is 11.8 Å². The van der Waals surface area contributed by atoms with Crippen molar-refractivity contribution in [3.8, 4) is 5.75 Å². The molecule has 1 aromatic heterocycles. The first-order chi connectivity index (χ1) is 15.0. The maximum absolute atomic E-state index is 12.9. The van der Waals surface area contributed by atoms with Crippen molar-refractivity contribution < 1.29 is 14.3 Å². The molecule has 0 radical (unpaired) electrons. The van der Waals surface area contributed by atoms with E-state index in [2.05, 4.69) is 23.3 Å². The number of carbonyl (C=O) groups excluding carboxylic acids is 2. The van der Waals surface area contributed by atoms with E-state index in [0.717, 1.165) is 22.1 Å². The second-order valence-electron chi connectivity index (χ2n) is 7.30. The number of amides is 2. The van der Waals surface area contributed by atoms with Crippen LogP contribution in [0.1, 0.15) is 18.2 Å². The molecule has 0 aliphatic carbocycles. The molecule has 1 N–H and O–H groups in total. The number of hydrogen-bond acceptors (Lipinski definition) is 6. The fraction of sp³-hybridized carbons (Fsp3) is 0.261. The second kappa shape index (κ2) is 9.53. The molecule has 0 unspecified atom stereocenters. The van der Waals surface area contributed by atoms with Gasteiger partial charge in [0.05, 0.1) is 25.0 Å². The minimum atomic E-state index is -0.117. The van der Waals surface area contributed by atoms with Gasteiger partial charge in [-0.2, -0.15) is 0 Å². The summed E-state index contributed by atoms with van der Waals surface area (Å²) in [5.74, 6) is 0.868. The average molecular weight is 454 g/mol. The van der Waals surface area contributed by atoms with E-state index in [-0.39, 0.29) is 30.0 Å². The number of thiazole rings is 1. The fourth-order valence-corrected chi connectivity index (χ4v) is 5.29. The number of aromatic nitrogens is 1. The molecule has 0 saturated carbocycles. The van der Waals surface area contributed by atoms with Crippen LogP contribution in [-0.2, 0) is 22.4 Å². The number of nitrogens with one attached hydrogen (secondary N) is 1. The molecule has 2 aromatic carbocycles. The lowest BCUT2D eigenvalue weighted by atomic mass is 10.1. The van der Waals surface area contributed by atoms with E-state index in [1.54, 1.807) is 13.2 Å². The van der Waals surface area contributed by atoms with Gasteiger partial charge in [-0.05, 0) is 37.1 Å². The molecule has 4 rings (SSSR count). The van der Waals surface area contributed by atoms with Gasteiger partial charge in [0.1, 0.15) is 5.75 Å². The summed E-state index contributed by atoms with van der Waals surface area (Å²) in [5, 5.41) is 4.75. The number of methoxy groups -OCH3 is 1. The topological polar surface area (TPSA) is 71.5 Å². The van der Waals surface area contributed by atoms with E-state index >= 15 is 0 Å². The van der Waals surface area contributed by atoms with Crippen molar-refractivity contribution in [3.05, 3.63) is 65.2 Å². The van der Waals surface area contributed by atoms with Crippen LogP contribution in [0.2, 0.25) is 0 Å². The van der Waals surface area contributed by atoms with Gasteiger partial charge < -0.3 is 15.0 Å². The van der Waals surface area contributed by atoms with Crippen LogP contribution in [0.5, 0.6) is 5.75 Å². The van der Waals surface area contributed by atoms with Crippen molar-refractivity contribution in [1.82, 2.24) is 4.98 Å². The SMILES string of the molecule is COc1cccc(NC(=O)CSc2nc(CC(=O)N3c4ccccc4C[C@H]3C)cs2)c1. The molecule has 3 aromatic rings. The summed E-state index contributed by atoms with van der Waals surface area (Å²) < 4.78 is 5.94. The number of hydrogen-bond donors (Lipinski definition) is 1. The minimum Gasteiger partial charge on any atom is -0.497 e. The Balaban J connectivity index is 1.31. The molecule has 0 saturated heterocycles. The van der Waals surface area contributed by atoms with Gasteiger partial charge in [0.25, 0.3) is 0 Å². The molecular formula is C23H23N3O3S2. The van der Waals surface area contributed by atoms with Gasteiger partial charge >= 0.3 is 0 Å². The van der Waals surface area contributed by atoms with Gasteiger partial charge in [-0.3, -0.25) is 9.59 Å². The zero-order valence-electron chi connectivity index (χ0n) is 17.3. The van der Waals surface area contributed by atoms with Crippen LogP contribution in [0.15, 0.2) is 58.3 Å². The van der Waals surface area contributed by atoms with Crippen molar-refractivity contribution in [3.63, 3.8) is 0 Å². The third kappa shape index (κ3) is 5.08. The van der Waals surface area contributed by atoms with E-state index in [1.807, 2.05) is 46.7 Å². The fourth-order valence-electron chi connectivity index (χ4n) is 3.65. The summed E-state index contributed by atoms with van der Waals surface area (Å²) in [5.41, 5.74) is 3.64. The molecule has 0 spiro atoms. The maximum atomic E-state index is 12.9. The zero-order chi connectivity index (χ0) is 21.8. The standard InChI is InChI=1S/C23H23N3O3S2/c1-15-10-16-6-3-4-9-20(16)26(15)22(28)12-18-13-30-23(25-18)31-14-21(27)24-17-7-5-8-19(11-17)29-2/h3-9,11,13,15H,10,12,14H2,1-2H3,(H,24,27)/t15-/m1/s1. The Morgan fingerprint density at radius 1 is 1.26 bits per heavy atom. The lowest BCUT2D eigenvalue weighted by Crippen LogP contribution is -2.36. The second-order valence-corrected chi connectivity index (χ2v) is 9.38. The molecule has 1 atom stereocenters. The van der Waals surface area contributed by atoms with Crippen LogP contribution in [0, 0.1) is 0 Å². The van der Waals surface area contributed by atoms with Crippen molar-refractivity contribution >= 4 is 46.3 Å². The molecule has 1 aliphatic heterocycles. The van der Waals surface area contributed by atoms with Gasteiger partial charge in [-0.15, -0.1) is 11.3 Å². The largest absolute Gasteiger partial charge is 0.497 e. The molecule has 0 bridgehead atoms. The van der Waals surface area contributed by atoms with Crippen LogP contribution < -0.4 is 15.0 Å². The number of rotatable bonds is 7. The summed E-state index contributed by atoms with van der Waals surface area (Å²) in [6, 6.07) is 15.4. The van der Waals surface area contributed by atoms with Crippen LogP contribution >= 0.6 is 23.1 Å². The molecule has 2 amide bonds. The van der Waals surface area contributed by atoms with Crippen LogP contribution in [0.25, 0.3) is 0 Å². The first-order valence-electron chi connectivity index (χ1n) is 9.94. The van der Waals surface area contributed by atoms with Gasteiger partial charge in [0, 0.05) is 28.9 Å². The molecule has 1 aliphatic rings. The highest BCUT2D eigenvalue weighted by molar-refractivity contribution is 8.01. The summed E-state index contributed by atoms with van der Waals surface area (Å²) in [4.78, 5) is 31.6. The quantitative estimate of drug-likeness (QED) is 0.537. The van der Waals surface area contributed by atoms with Gasteiger partial charge in [-0.1, -0.05) is 36.0 Å². The molecule has 31 heavy (non-hydrogen) atoms. The third-order valence-corrected chi connectivity index (χ3v) is 7.09. The highest BCUT2D eigenvalue weighted by Gasteiger charge is 2.30. The first-order valence-corrected chi connectivity index (χ1v) is 11.8. The molecule has 2 heterocycles. The van der Waals surface area contributed by atoms with Crippen molar-refractivity contribution in [1.29, 1.82) is 0 Å². The summed E-state index contributed by atoms with van der Waals surface area (Å²) >= 11 is 2.82. The third-order valence-electron chi connectivity index (χ3n) is 5.02. The smallest absolute Gasteiger partial charge is 0.234 e. The predicted molar refractivity (Wildman–Crippen MR) is 125 cm³/mol. The van der Waals surface area contributed by atoms with Crippen molar-refractivity contribution in [2.75, 3.05) is 23.1 Å². The zero-order valence-corrected chi connectivity index (χ0v) is 19.0. The predicted octanol–water partition coefficient (Wildman–Crippen LogP) is 4.40. The Morgan fingerprint density at radius 2 is 2.10 bits per heavy atom. The number of carbonyl (C=O) groups is 2. The van der Waals surface area contributed by atoms with Crippen LogP contribution in [0.3, 0.4) is 0 Å². The number of fused-ring (bicyclic) bond motifs is 1. The van der Waals surface area contributed by atoms with Crippen molar-refractivity contribution in [2.45, 2.75) is 30.1 Å². The van der Waals surface area contributed by atoms with Gasteiger partial charge in [0.15, 0.2) is 4.34 Å². The average Bonchev–Trinajstić information content (AvgIpc) is 3.35. The number of benzene rings is 2. The van der Waals surface area contributed by atoms with E-state index in [4.69, 9.17) is 4.74 Å². The molecule has 0 fully saturated rings. The van der Waals surface area contributed by atoms with Gasteiger partial charge in [-0.25, -0.2) is 4.98 Å². The van der Waals surface area contributed by atoms with E-state index < -0.39 is 0 Å². The normalized spacial score (nSPS) is 14.9. The summed E-state index contributed by atoms with van der Waals surface area (Å²) in [7, 11) is 1.59. The minimum absolute atomic E-state index is 0.0510. The Hall–Kier alpha value is -2.84. The highest BCUT2D eigenvalue weighted by Crippen LogP contribution is 2.32. The molecular weight excluding hydrogens is 430 g/mol. The van der Waals surface area contributed by atoms with Crippen LogP contribution in [0.4, 0.5) is 11.4 Å². The Kier molecular flexibility index (Phi) is 6.58. The maximum Gasteiger partial charge on any atom is 0.234 e. The van der Waals surface area contributed by atoms with E-state index in [9.17, 15) is 9.59 Å². The number of nitrogens with zero attached hydrogens (tertiary/aromatic N) is 2. The molecule has 8 heteroatoms. The molecule has 160 valence electrons. The number of para-hydroxylation sites is 1. The van der Waals surface area contributed by atoms with Crippen molar-refractivity contribution in [2.24, 2.45) is 0 Å². The summed E-state index contributed by atoms with van der Waals surface area (Å²) in [6.45, 7) is 2.07. The summed E-state index contributed by atoms with van der Waals surface area (Å²) in [6.07, 6.45) is 1.13. The Morgan fingerprint density at radius 3 is 2.94 bits per heavy atom. The Labute approximate surface area is 189 Å². The number of thioether (sulfide) groups is 1. The number of ether oxygens (including phenoxy) is 1. The lowest BCUT2D eigenvalue weighted by Gasteiger charge is -2.22. The molecule has 6 nitrogen and oxygen atoms in total.